The highest BCUT2D eigenvalue weighted by Crippen LogP contribution is 2.53. The van der Waals surface area contributed by atoms with Gasteiger partial charge in [-0.2, -0.15) is 0 Å². The summed E-state index contributed by atoms with van der Waals surface area (Å²) in [5.41, 5.74) is 20.0. The minimum atomic E-state index is -0.125. The third-order valence-electron chi connectivity index (χ3n) is 14.8. The molecular weight excluding hydrogens is 775 g/mol. The van der Waals surface area contributed by atoms with Crippen molar-refractivity contribution < 1.29 is 0 Å². The van der Waals surface area contributed by atoms with E-state index in [9.17, 15) is 0 Å². The lowest BCUT2D eigenvalue weighted by Crippen LogP contribution is -2.30. The van der Waals surface area contributed by atoms with E-state index < -0.39 is 0 Å². The topological polar surface area (TPSA) is 13.1 Å². The van der Waals surface area contributed by atoms with Crippen molar-refractivity contribution in [2.24, 2.45) is 0 Å². The molecule has 306 valence electrons. The second-order valence-electron chi connectivity index (χ2n) is 18.9. The first-order chi connectivity index (χ1) is 31.3. The molecule has 0 amide bonds. The molecule has 64 heavy (non-hydrogen) atoms. The molecule has 0 saturated carbocycles. The second kappa shape index (κ2) is 13.4. The zero-order valence-corrected chi connectivity index (χ0v) is 36.5. The molecule has 3 nitrogen and oxygen atoms in total. The third kappa shape index (κ3) is 5.04. The number of benzene rings is 9. The Labute approximate surface area is 374 Å². The van der Waals surface area contributed by atoms with E-state index in [0.29, 0.717) is 0 Å². The highest BCUT2D eigenvalue weighted by Gasteiger charge is 2.39. The number of nitrogens with zero attached hydrogens (tertiary/aromatic N) is 3. The number of rotatable bonds is 4. The molecule has 1 aliphatic heterocycles. The summed E-state index contributed by atoms with van der Waals surface area (Å²) >= 11 is 0. The van der Waals surface area contributed by atoms with Crippen LogP contribution < -0.4 is 4.90 Å². The average Bonchev–Trinajstić information content (AvgIpc) is 3.85. The Morgan fingerprint density at radius 2 is 0.859 bits per heavy atom. The molecule has 9 aromatic carbocycles. The van der Waals surface area contributed by atoms with Gasteiger partial charge in [0, 0.05) is 55.4 Å². The smallest absolute Gasteiger partial charge is 0.0641 e. The van der Waals surface area contributed by atoms with Crippen molar-refractivity contribution in [2.75, 3.05) is 4.90 Å². The maximum absolute atomic E-state index is 2.54. The summed E-state index contributed by atoms with van der Waals surface area (Å²) in [6.45, 7) is 9.45. The second-order valence-corrected chi connectivity index (χ2v) is 18.9. The molecule has 2 aliphatic rings. The monoisotopic (exact) mass is 821 g/mol. The van der Waals surface area contributed by atoms with Gasteiger partial charge in [0.2, 0.25) is 0 Å². The molecule has 1 aliphatic carbocycles. The first-order valence-electron chi connectivity index (χ1n) is 22.6. The van der Waals surface area contributed by atoms with Crippen molar-refractivity contribution in [3.8, 4) is 11.4 Å². The van der Waals surface area contributed by atoms with Crippen LogP contribution in [0.5, 0.6) is 0 Å². The summed E-state index contributed by atoms with van der Waals surface area (Å²) < 4.78 is 5.02. The van der Waals surface area contributed by atoms with Crippen LogP contribution in [-0.2, 0) is 10.8 Å². The number of anilines is 3. The van der Waals surface area contributed by atoms with Gasteiger partial charge in [0.05, 0.1) is 33.4 Å². The van der Waals surface area contributed by atoms with Crippen LogP contribution in [0.2, 0.25) is 0 Å². The Bertz CT molecular complexity index is 3610. The van der Waals surface area contributed by atoms with E-state index in [4.69, 9.17) is 0 Å². The molecule has 0 unspecified atom stereocenters. The fraction of sp³-hybridized carbons (Fsp3) is 0.115. The summed E-state index contributed by atoms with van der Waals surface area (Å²) in [4.78, 5) is 2.46. The van der Waals surface area contributed by atoms with Crippen LogP contribution in [0.4, 0.5) is 17.1 Å². The lowest BCUT2D eigenvalue weighted by atomic mass is 9.64. The first kappa shape index (κ1) is 37.0. The number of aromatic nitrogens is 2. The van der Waals surface area contributed by atoms with E-state index in [1.54, 1.807) is 0 Å². The molecule has 3 heteroatoms. The Balaban J connectivity index is 1.04. The van der Waals surface area contributed by atoms with E-state index in [0.717, 1.165) is 11.4 Å². The van der Waals surface area contributed by atoms with Crippen molar-refractivity contribution in [1.82, 2.24) is 9.13 Å². The standard InChI is InChI=1S/C61H47N3/c1-60(2)48-27-9-5-24-45(48)57(46-25-6-10-28-49(46)60)39-19-17-20-40(37-39)64-52-31-13-7-23-43(52)44-35-36-56-58(59(44)64)47-26-8-14-32-53(47)62(56)41-21-18-22-42(38-41)63-54-33-15-11-29-50(54)61(3,4)51-30-12-16-34-55(51)63/h5-38,57H,1-4H3. The maximum Gasteiger partial charge on any atom is 0.0641 e. The van der Waals surface area contributed by atoms with Gasteiger partial charge in [0.25, 0.3) is 0 Å². The van der Waals surface area contributed by atoms with Gasteiger partial charge < -0.3 is 14.0 Å². The van der Waals surface area contributed by atoms with Gasteiger partial charge in [-0.05, 0) is 99.6 Å². The molecule has 2 aromatic heterocycles. The van der Waals surface area contributed by atoms with Gasteiger partial charge in [-0.1, -0.05) is 173 Å². The van der Waals surface area contributed by atoms with Gasteiger partial charge in [-0.15, -0.1) is 0 Å². The summed E-state index contributed by atoms with van der Waals surface area (Å²) in [6.07, 6.45) is 0. The van der Waals surface area contributed by atoms with Crippen LogP contribution in [0.1, 0.15) is 72.6 Å². The fourth-order valence-corrected chi connectivity index (χ4v) is 11.9. The zero-order valence-electron chi connectivity index (χ0n) is 36.5. The van der Waals surface area contributed by atoms with Crippen molar-refractivity contribution in [3.05, 3.63) is 245 Å². The van der Waals surface area contributed by atoms with E-state index >= 15 is 0 Å². The summed E-state index contributed by atoms with van der Waals surface area (Å²) in [6, 6.07) is 77.1. The van der Waals surface area contributed by atoms with E-state index in [1.807, 2.05) is 0 Å². The highest BCUT2D eigenvalue weighted by molar-refractivity contribution is 6.26. The largest absolute Gasteiger partial charge is 0.310 e. The minimum Gasteiger partial charge on any atom is -0.310 e. The normalized spacial score (nSPS) is 15.0. The SMILES string of the molecule is CC1(C)c2ccccc2C(c2cccc(-n3c4ccccc4c4ccc5c(c6ccccc6n5-c5cccc(N6c7ccccc7C(C)(C)c7ccccc76)c5)c43)c2)c2ccccc21. The Morgan fingerprint density at radius 3 is 1.53 bits per heavy atom. The van der Waals surface area contributed by atoms with E-state index in [1.165, 1.54) is 99.6 Å². The quantitative estimate of drug-likeness (QED) is 0.172. The average molecular weight is 822 g/mol. The minimum absolute atomic E-state index is 0.0901. The molecule has 0 bridgehead atoms. The van der Waals surface area contributed by atoms with Gasteiger partial charge in [0.15, 0.2) is 0 Å². The Kier molecular flexibility index (Phi) is 7.77. The van der Waals surface area contributed by atoms with Crippen LogP contribution in [0.25, 0.3) is 55.0 Å². The predicted octanol–water partition coefficient (Wildman–Crippen LogP) is 15.8. The molecular formula is C61H47N3. The molecule has 11 aromatic rings. The van der Waals surface area contributed by atoms with E-state index in [-0.39, 0.29) is 16.7 Å². The molecule has 0 N–H and O–H groups in total. The third-order valence-corrected chi connectivity index (χ3v) is 14.8. The molecule has 0 radical (unpaired) electrons. The molecule has 3 heterocycles. The van der Waals surface area contributed by atoms with Gasteiger partial charge in [-0.3, -0.25) is 0 Å². The first-order valence-corrected chi connectivity index (χ1v) is 22.6. The van der Waals surface area contributed by atoms with Crippen LogP contribution in [0.3, 0.4) is 0 Å². The zero-order chi connectivity index (χ0) is 42.9. The molecule has 0 spiro atoms. The number of hydrogen-bond donors (Lipinski definition) is 0. The Hall–Kier alpha value is -7.62. The maximum atomic E-state index is 2.54. The van der Waals surface area contributed by atoms with Crippen molar-refractivity contribution in [1.29, 1.82) is 0 Å². The number of hydrogen-bond acceptors (Lipinski definition) is 1. The van der Waals surface area contributed by atoms with E-state index in [2.05, 4.69) is 248 Å². The molecule has 0 fully saturated rings. The van der Waals surface area contributed by atoms with Crippen LogP contribution >= 0.6 is 0 Å². The van der Waals surface area contributed by atoms with Gasteiger partial charge in [0.1, 0.15) is 0 Å². The van der Waals surface area contributed by atoms with Gasteiger partial charge >= 0.3 is 0 Å². The van der Waals surface area contributed by atoms with Crippen LogP contribution in [0.15, 0.2) is 206 Å². The Morgan fingerprint density at radius 1 is 0.359 bits per heavy atom. The molecule has 0 saturated heterocycles. The van der Waals surface area contributed by atoms with Crippen molar-refractivity contribution >= 4 is 60.7 Å². The van der Waals surface area contributed by atoms with Crippen molar-refractivity contribution in [2.45, 2.75) is 44.4 Å². The lowest BCUT2D eigenvalue weighted by molar-refractivity contribution is 0.597. The van der Waals surface area contributed by atoms with Crippen LogP contribution in [0, 0.1) is 0 Å². The number of para-hydroxylation sites is 4. The lowest BCUT2D eigenvalue weighted by Gasteiger charge is -2.42. The fourth-order valence-electron chi connectivity index (χ4n) is 11.9. The highest BCUT2D eigenvalue weighted by atomic mass is 15.2. The molecule has 13 rings (SSSR count). The predicted molar refractivity (Wildman–Crippen MR) is 268 cm³/mol. The summed E-state index contributed by atoms with van der Waals surface area (Å²) in [5, 5.41) is 5.00. The molecule has 0 atom stereocenters. The summed E-state index contributed by atoms with van der Waals surface area (Å²) in [7, 11) is 0. The number of fused-ring (bicyclic) bond motifs is 11. The van der Waals surface area contributed by atoms with Crippen LogP contribution in [-0.4, -0.2) is 9.13 Å². The summed E-state index contributed by atoms with van der Waals surface area (Å²) in [5.74, 6) is 0.118. The van der Waals surface area contributed by atoms with Gasteiger partial charge in [-0.25, -0.2) is 0 Å². The van der Waals surface area contributed by atoms with Crippen molar-refractivity contribution in [3.63, 3.8) is 0 Å².